The Hall–Kier alpha value is -0.300. The highest BCUT2D eigenvalue weighted by atomic mass is 16.3. The molecule has 0 spiro atoms. The number of hydrogen-bond donors (Lipinski definition) is 1. The molecular weight excluding hydrogens is 124 g/mol. The predicted octanol–water partition coefficient (Wildman–Crippen LogP) is 2.26. The summed E-state index contributed by atoms with van der Waals surface area (Å²) in [4.78, 5) is 0. The van der Waals surface area contributed by atoms with E-state index in [1.807, 2.05) is 6.08 Å². The van der Waals surface area contributed by atoms with E-state index in [1.54, 1.807) is 0 Å². The van der Waals surface area contributed by atoms with E-state index < -0.39 is 0 Å². The molecule has 1 N–H and O–H groups in total. The Kier molecular flexibility index (Phi) is 3.52. The van der Waals surface area contributed by atoms with Crippen LogP contribution in [0.25, 0.3) is 0 Å². The van der Waals surface area contributed by atoms with Crippen molar-refractivity contribution in [3.05, 3.63) is 12.2 Å². The molecule has 10 heavy (non-hydrogen) atoms. The van der Waals surface area contributed by atoms with Crippen LogP contribution in [0, 0.1) is 0 Å². The summed E-state index contributed by atoms with van der Waals surface area (Å²) < 4.78 is 0. The standard InChI is InChI=1S/C9H16O/c10-9-7-5-3-1-2-4-6-8-9/h5,7,9-10H,1-4,6,8H2. The fraction of sp³-hybridized carbons (Fsp3) is 0.778. The van der Waals surface area contributed by atoms with Crippen LogP contribution in [0.3, 0.4) is 0 Å². The van der Waals surface area contributed by atoms with Crippen LogP contribution in [0.5, 0.6) is 0 Å². The van der Waals surface area contributed by atoms with Gasteiger partial charge >= 0.3 is 0 Å². The van der Waals surface area contributed by atoms with Crippen LogP contribution in [0.4, 0.5) is 0 Å². The quantitative estimate of drug-likeness (QED) is 0.512. The Morgan fingerprint density at radius 3 is 2.80 bits per heavy atom. The Bertz CT molecular complexity index is 107. The molecule has 0 aromatic carbocycles. The van der Waals surface area contributed by atoms with Crippen LogP contribution in [0.1, 0.15) is 38.5 Å². The summed E-state index contributed by atoms with van der Waals surface area (Å²) >= 11 is 0. The van der Waals surface area contributed by atoms with Crippen molar-refractivity contribution in [2.45, 2.75) is 44.6 Å². The highest BCUT2D eigenvalue weighted by Crippen LogP contribution is 2.11. The summed E-state index contributed by atoms with van der Waals surface area (Å²) in [5.74, 6) is 0. The third-order valence-electron chi connectivity index (χ3n) is 1.98. The molecule has 1 aliphatic carbocycles. The second-order valence-corrected chi connectivity index (χ2v) is 2.99. The van der Waals surface area contributed by atoms with Crippen LogP contribution in [0.2, 0.25) is 0 Å². The monoisotopic (exact) mass is 140 g/mol. The maximum Gasteiger partial charge on any atom is 0.0720 e. The lowest BCUT2D eigenvalue weighted by Crippen LogP contribution is -2.00. The van der Waals surface area contributed by atoms with Gasteiger partial charge in [-0.05, 0) is 19.3 Å². The second kappa shape index (κ2) is 4.51. The average molecular weight is 140 g/mol. The summed E-state index contributed by atoms with van der Waals surface area (Å²) in [7, 11) is 0. The summed E-state index contributed by atoms with van der Waals surface area (Å²) in [6.45, 7) is 0. The Morgan fingerprint density at radius 1 is 1.10 bits per heavy atom. The van der Waals surface area contributed by atoms with Crippen LogP contribution in [-0.2, 0) is 0 Å². The van der Waals surface area contributed by atoms with E-state index in [0.717, 1.165) is 12.8 Å². The van der Waals surface area contributed by atoms with Gasteiger partial charge in [0.2, 0.25) is 0 Å². The van der Waals surface area contributed by atoms with Crippen molar-refractivity contribution in [1.82, 2.24) is 0 Å². The molecule has 0 saturated heterocycles. The normalized spacial score (nSPS) is 28.7. The second-order valence-electron chi connectivity index (χ2n) is 2.99. The average Bonchev–Trinajstić information content (AvgIpc) is 2.02. The molecule has 1 atom stereocenters. The molecule has 58 valence electrons. The molecule has 1 aliphatic rings. The molecule has 1 nitrogen and oxygen atoms in total. The molecule has 0 aromatic heterocycles. The lowest BCUT2D eigenvalue weighted by atomic mass is 10.1. The van der Waals surface area contributed by atoms with Crippen LogP contribution in [-0.4, -0.2) is 11.2 Å². The predicted molar refractivity (Wildman–Crippen MR) is 42.8 cm³/mol. The number of allylic oxidation sites excluding steroid dienone is 1. The fourth-order valence-corrected chi connectivity index (χ4v) is 1.32. The molecule has 0 amide bonds. The number of aliphatic hydroxyl groups excluding tert-OH is 1. The first-order chi connectivity index (χ1) is 4.89. The molecule has 1 rings (SSSR count). The zero-order valence-electron chi connectivity index (χ0n) is 6.42. The van der Waals surface area contributed by atoms with Crippen molar-refractivity contribution >= 4 is 0 Å². The Morgan fingerprint density at radius 2 is 1.90 bits per heavy atom. The van der Waals surface area contributed by atoms with Crippen molar-refractivity contribution in [3.63, 3.8) is 0 Å². The van der Waals surface area contributed by atoms with Gasteiger partial charge in [-0.3, -0.25) is 0 Å². The summed E-state index contributed by atoms with van der Waals surface area (Å²) in [5.41, 5.74) is 0. The summed E-state index contributed by atoms with van der Waals surface area (Å²) in [6.07, 6.45) is 11.1. The van der Waals surface area contributed by atoms with E-state index in [9.17, 15) is 5.11 Å². The maximum absolute atomic E-state index is 9.25. The van der Waals surface area contributed by atoms with E-state index in [4.69, 9.17) is 0 Å². The summed E-state index contributed by atoms with van der Waals surface area (Å²) in [5, 5.41) is 9.25. The molecular formula is C9H16O. The lowest BCUT2D eigenvalue weighted by Gasteiger charge is -2.01. The SMILES string of the molecule is OC1C=CCCCCCC1. The first-order valence-corrected chi connectivity index (χ1v) is 4.24. The lowest BCUT2D eigenvalue weighted by molar-refractivity contribution is 0.208. The van der Waals surface area contributed by atoms with E-state index in [2.05, 4.69) is 6.08 Å². The fourth-order valence-electron chi connectivity index (χ4n) is 1.32. The third kappa shape index (κ3) is 3.02. The minimum absolute atomic E-state index is 0.168. The molecule has 1 heteroatoms. The smallest absolute Gasteiger partial charge is 0.0720 e. The van der Waals surface area contributed by atoms with E-state index in [-0.39, 0.29) is 6.10 Å². The first kappa shape index (κ1) is 7.80. The highest BCUT2D eigenvalue weighted by Gasteiger charge is 2.00. The van der Waals surface area contributed by atoms with Gasteiger partial charge in [-0.1, -0.05) is 31.4 Å². The van der Waals surface area contributed by atoms with Gasteiger partial charge in [0.05, 0.1) is 6.10 Å². The molecule has 0 saturated carbocycles. The maximum atomic E-state index is 9.25. The van der Waals surface area contributed by atoms with Crippen LogP contribution < -0.4 is 0 Å². The minimum Gasteiger partial charge on any atom is -0.389 e. The molecule has 1 unspecified atom stereocenters. The van der Waals surface area contributed by atoms with Crippen molar-refractivity contribution < 1.29 is 5.11 Å². The van der Waals surface area contributed by atoms with Gasteiger partial charge in [-0.15, -0.1) is 0 Å². The molecule has 0 aliphatic heterocycles. The molecule has 0 fully saturated rings. The third-order valence-corrected chi connectivity index (χ3v) is 1.98. The largest absolute Gasteiger partial charge is 0.389 e. The van der Waals surface area contributed by atoms with E-state index >= 15 is 0 Å². The van der Waals surface area contributed by atoms with Crippen LogP contribution >= 0.6 is 0 Å². The zero-order chi connectivity index (χ0) is 7.23. The van der Waals surface area contributed by atoms with Gasteiger partial charge in [0, 0.05) is 0 Å². The Labute approximate surface area is 62.8 Å². The van der Waals surface area contributed by atoms with Crippen molar-refractivity contribution in [2.24, 2.45) is 0 Å². The summed E-state index contributed by atoms with van der Waals surface area (Å²) in [6, 6.07) is 0. The minimum atomic E-state index is -0.168. The van der Waals surface area contributed by atoms with Gasteiger partial charge in [-0.2, -0.15) is 0 Å². The molecule has 0 heterocycles. The Balaban J connectivity index is 2.28. The zero-order valence-corrected chi connectivity index (χ0v) is 6.42. The molecule has 0 bridgehead atoms. The van der Waals surface area contributed by atoms with Crippen molar-refractivity contribution in [2.75, 3.05) is 0 Å². The van der Waals surface area contributed by atoms with Crippen molar-refractivity contribution in [3.8, 4) is 0 Å². The van der Waals surface area contributed by atoms with E-state index in [1.165, 1.54) is 25.7 Å². The highest BCUT2D eigenvalue weighted by molar-refractivity contribution is 4.89. The number of rotatable bonds is 0. The van der Waals surface area contributed by atoms with Gasteiger partial charge in [0.25, 0.3) is 0 Å². The number of aliphatic hydroxyl groups is 1. The van der Waals surface area contributed by atoms with Gasteiger partial charge < -0.3 is 5.11 Å². The van der Waals surface area contributed by atoms with Gasteiger partial charge in [-0.25, -0.2) is 0 Å². The van der Waals surface area contributed by atoms with Gasteiger partial charge in [0.1, 0.15) is 0 Å². The molecule has 0 aromatic rings. The number of hydrogen-bond acceptors (Lipinski definition) is 1. The van der Waals surface area contributed by atoms with Gasteiger partial charge in [0.15, 0.2) is 0 Å². The topological polar surface area (TPSA) is 20.2 Å². The van der Waals surface area contributed by atoms with Crippen LogP contribution in [0.15, 0.2) is 12.2 Å². The first-order valence-electron chi connectivity index (χ1n) is 4.24. The molecule has 0 radical (unpaired) electrons. The van der Waals surface area contributed by atoms with Crippen molar-refractivity contribution in [1.29, 1.82) is 0 Å². The van der Waals surface area contributed by atoms with E-state index in [0.29, 0.717) is 0 Å².